The minimum atomic E-state index is 0.296. The Labute approximate surface area is 222 Å². The number of hydrogen-bond donors (Lipinski definition) is 0. The lowest BCUT2D eigenvalue weighted by atomic mass is 10.1. The van der Waals surface area contributed by atoms with Gasteiger partial charge in [0, 0.05) is 20.6 Å². The third kappa shape index (κ3) is 8.34. The van der Waals surface area contributed by atoms with Crippen molar-refractivity contribution in [2.45, 2.75) is 45.5 Å². The number of aliphatic imine (C=N–C) groups is 1. The summed E-state index contributed by atoms with van der Waals surface area (Å²) in [6, 6.07) is 42.6. The van der Waals surface area contributed by atoms with Gasteiger partial charge in [-0.2, -0.15) is 0 Å². The summed E-state index contributed by atoms with van der Waals surface area (Å²) in [6.45, 7) is 2.28. The number of nitrogens with zero attached hydrogens (tertiary/aromatic N) is 1. The first-order chi connectivity index (χ1) is 17.3. The lowest BCUT2D eigenvalue weighted by Gasteiger charge is -2.28. The SMILES string of the molecule is CCCCC(C(=Nc1ccccc1)Sc1ccccc1)C(Sc1ccccc1)Sc1ccccc1. The zero-order chi connectivity index (χ0) is 24.1. The molecule has 1 atom stereocenters. The molecule has 1 unspecified atom stereocenters. The average Bonchev–Trinajstić information content (AvgIpc) is 2.91. The predicted octanol–water partition coefficient (Wildman–Crippen LogP) is 10.2. The van der Waals surface area contributed by atoms with Crippen LogP contribution < -0.4 is 0 Å². The Morgan fingerprint density at radius 2 is 1.09 bits per heavy atom. The fourth-order valence-corrected chi connectivity index (χ4v) is 7.82. The summed E-state index contributed by atoms with van der Waals surface area (Å²) in [6.07, 6.45) is 3.45. The smallest absolute Gasteiger partial charge is 0.0837 e. The Bertz CT molecular complexity index is 1110. The standard InChI is InChI=1S/C31H31NS3/c1-2-3-24-29(30(32-25-16-8-4-9-17-25)33-26-18-10-5-11-19-26)31(34-27-20-12-6-13-21-27)35-28-22-14-7-15-23-28/h4-23,29,31H,2-3,24H2,1H3. The van der Waals surface area contributed by atoms with Crippen LogP contribution in [0.15, 0.2) is 141 Å². The molecule has 1 nitrogen and oxygen atoms in total. The van der Waals surface area contributed by atoms with E-state index in [0.29, 0.717) is 10.5 Å². The number of para-hydroxylation sites is 1. The summed E-state index contributed by atoms with van der Waals surface area (Å²) in [5.41, 5.74) is 1.01. The minimum absolute atomic E-state index is 0.296. The highest BCUT2D eigenvalue weighted by Gasteiger charge is 2.29. The van der Waals surface area contributed by atoms with E-state index in [0.717, 1.165) is 12.1 Å². The van der Waals surface area contributed by atoms with Crippen LogP contribution in [0.4, 0.5) is 5.69 Å². The van der Waals surface area contributed by atoms with Crippen LogP contribution in [0.1, 0.15) is 26.2 Å². The third-order valence-corrected chi connectivity index (χ3v) is 9.37. The fourth-order valence-electron chi connectivity index (χ4n) is 3.68. The van der Waals surface area contributed by atoms with E-state index in [1.54, 1.807) is 0 Å². The molecule has 0 radical (unpaired) electrons. The van der Waals surface area contributed by atoms with E-state index in [4.69, 9.17) is 4.99 Å². The average molecular weight is 514 g/mol. The molecule has 0 amide bonds. The van der Waals surface area contributed by atoms with Crippen LogP contribution in [0.3, 0.4) is 0 Å². The van der Waals surface area contributed by atoms with Crippen molar-refractivity contribution >= 4 is 46.0 Å². The molecule has 0 heterocycles. The van der Waals surface area contributed by atoms with Gasteiger partial charge in [0.1, 0.15) is 0 Å². The Morgan fingerprint density at radius 3 is 1.57 bits per heavy atom. The second kappa shape index (κ2) is 14.2. The highest BCUT2D eigenvalue weighted by Crippen LogP contribution is 2.44. The lowest BCUT2D eigenvalue weighted by Crippen LogP contribution is -2.22. The zero-order valence-corrected chi connectivity index (χ0v) is 22.4. The molecule has 4 rings (SSSR count). The molecule has 0 spiro atoms. The van der Waals surface area contributed by atoms with Crippen molar-refractivity contribution in [2.75, 3.05) is 0 Å². The monoisotopic (exact) mass is 513 g/mol. The highest BCUT2D eigenvalue weighted by molar-refractivity contribution is 8.17. The molecule has 0 aromatic heterocycles. The van der Waals surface area contributed by atoms with Gasteiger partial charge in [-0.3, -0.25) is 0 Å². The normalized spacial score (nSPS) is 12.6. The summed E-state index contributed by atoms with van der Waals surface area (Å²) in [7, 11) is 0. The van der Waals surface area contributed by atoms with Gasteiger partial charge in [0.05, 0.1) is 15.3 Å². The molecule has 35 heavy (non-hydrogen) atoms. The second-order valence-electron chi connectivity index (χ2n) is 8.18. The van der Waals surface area contributed by atoms with Gasteiger partial charge < -0.3 is 0 Å². The maximum Gasteiger partial charge on any atom is 0.0837 e. The Balaban J connectivity index is 1.75. The maximum absolute atomic E-state index is 5.26. The molecular formula is C31H31NS3. The van der Waals surface area contributed by atoms with Crippen molar-refractivity contribution in [3.63, 3.8) is 0 Å². The topological polar surface area (TPSA) is 12.4 Å². The highest BCUT2D eigenvalue weighted by atomic mass is 32.2. The number of rotatable bonds is 11. The molecule has 178 valence electrons. The largest absolute Gasteiger partial charge is 0.246 e. The summed E-state index contributed by atoms with van der Waals surface area (Å²) in [5.74, 6) is 0.302. The van der Waals surface area contributed by atoms with Crippen molar-refractivity contribution in [1.29, 1.82) is 0 Å². The van der Waals surface area contributed by atoms with Crippen LogP contribution in [-0.4, -0.2) is 9.63 Å². The number of thioether (sulfide) groups is 3. The van der Waals surface area contributed by atoms with E-state index in [9.17, 15) is 0 Å². The number of hydrogen-bond acceptors (Lipinski definition) is 4. The van der Waals surface area contributed by atoms with Crippen molar-refractivity contribution in [3.8, 4) is 0 Å². The van der Waals surface area contributed by atoms with Crippen LogP contribution in [0.25, 0.3) is 0 Å². The van der Waals surface area contributed by atoms with Crippen molar-refractivity contribution < 1.29 is 0 Å². The first kappa shape index (κ1) is 25.7. The van der Waals surface area contributed by atoms with Crippen LogP contribution in [-0.2, 0) is 0 Å². The quantitative estimate of drug-likeness (QED) is 0.0856. The zero-order valence-electron chi connectivity index (χ0n) is 20.0. The van der Waals surface area contributed by atoms with Crippen LogP contribution in [0.5, 0.6) is 0 Å². The summed E-state index contributed by atoms with van der Waals surface area (Å²) >= 11 is 5.74. The molecule has 0 fully saturated rings. The molecular weight excluding hydrogens is 483 g/mol. The van der Waals surface area contributed by atoms with E-state index >= 15 is 0 Å². The molecule has 0 aliphatic rings. The molecule has 0 saturated carbocycles. The molecule has 4 heteroatoms. The lowest BCUT2D eigenvalue weighted by molar-refractivity contribution is 0.623. The second-order valence-corrected chi connectivity index (χ2v) is 12.0. The van der Waals surface area contributed by atoms with E-state index in [2.05, 4.69) is 128 Å². The van der Waals surface area contributed by atoms with Crippen molar-refractivity contribution in [3.05, 3.63) is 121 Å². The third-order valence-electron chi connectivity index (χ3n) is 5.47. The Kier molecular flexibility index (Phi) is 10.4. The van der Waals surface area contributed by atoms with Gasteiger partial charge >= 0.3 is 0 Å². The molecule has 4 aromatic rings. The summed E-state index contributed by atoms with van der Waals surface area (Å²) in [5, 5.41) is 1.19. The van der Waals surface area contributed by atoms with Gasteiger partial charge in [0.25, 0.3) is 0 Å². The molecule has 0 N–H and O–H groups in total. The van der Waals surface area contributed by atoms with Gasteiger partial charge in [0.2, 0.25) is 0 Å². The first-order valence-electron chi connectivity index (χ1n) is 12.1. The van der Waals surface area contributed by atoms with E-state index in [1.165, 1.54) is 32.6 Å². The van der Waals surface area contributed by atoms with Crippen LogP contribution in [0, 0.1) is 5.92 Å². The van der Waals surface area contributed by atoms with Crippen molar-refractivity contribution in [1.82, 2.24) is 0 Å². The Morgan fingerprint density at radius 1 is 0.629 bits per heavy atom. The molecule has 0 aliphatic heterocycles. The molecule has 4 aromatic carbocycles. The fraction of sp³-hybridized carbons (Fsp3) is 0.194. The van der Waals surface area contributed by atoms with Crippen LogP contribution >= 0.6 is 35.3 Å². The van der Waals surface area contributed by atoms with Gasteiger partial charge in [-0.1, -0.05) is 104 Å². The molecule has 0 bridgehead atoms. The molecule has 0 saturated heterocycles. The first-order valence-corrected chi connectivity index (χ1v) is 14.7. The van der Waals surface area contributed by atoms with Gasteiger partial charge in [-0.15, -0.1) is 23.5 Å². The summed E-state index contributed by atoms with van der Waals surface area (Å²) < 4.78 is 0.296. The van der Waals surface area contributed by atoms with Crippen molar-refractivity contribution in [2.24, 2.45) is 10.9 Å². The van der Waals surface area contributed by atoms with E-state index in [1.807, 2.05) is 35.3 Å². The minimum Gasteiger partial charge on any atom is -0.246 e. The molecule has 0 aliphatic carbocycles. The maximum atomic E-state index is 5.26. The predicted molar refractivity (Wildman–Crippen MR) is 157 cm³/mol. The number of benzene rings is 4. The number of unbranched alkanes of at least 4 members (excludes halogenated alkanes) is 1. The van der Waals surface area contributed by atoms with Gasteiger partial charge in [-0.05, 0) is 55.0 Å². The summed E-state index contributed by atoms with van der Waals surface area (Å²) in [4.78, 5) is 9.09. The van der Waals surface area contributed by atoms with Gasteiger partial charge in [0.15, 0.2) is 0 Å². The van der Waals surface area contributed by atoms with Crippen LogP contribution in [0.2, 0.25) is 0 Å². The van der Waals surface area contributed by atoms with E-state index < -0.39 is 0 Å². The Hall–Kier alpha value is -2.40. The van der Waals surface area contributed by atoms with Gasteiger partial charge in [-0.25, -0.2) is 4.99 Å². The van der Waals surface area contributed by atoms with E-state index in [-0.39, 0.29) is 0 Å².